The van der Waals surface area contributed by atoms with Crippen LogP contribution in [0.4, 0.5) is 11.4 Å². The molecular weight excluding hydrogens is 618 g/mol. The van der Waals surface area contributed by atoms with E-state index in [1.165, 1.54) is 24.3 Å². The van der Waals surface area contributed by atoms with E-state index in [9.17, 15) is 40.0 Å². The van der Waals surface area contributed by atoms with Crippen LogP contribution in [0, 0.1) is 20.2 Å². The average molecular weight is 624 g/mol. The SMILES string of the molecule is O=C([O-])c1ccc(-c2c3cc([N+](=O)[O-])c(=O)c(Br)c-3oc3c(Br)c([O-])c([N+](=O)[O-])cc23)cc1.[Na+].[Na+]. The summed E-state index contributed by atoms with van der Waals surface area (Å²) in [6, 6.07) is 7.05. The summed E-state index contributed by atoms with van der Waals surface area (Å²) in [6.45, 7) is 0. The first-order valence-corrected chi connectivity index (χ1v) is 10.3. The molecule has 15 heteroatoms. The molecule has 2 aliphatic rings. The van der Waals surface area contributed by atoms with Crippen LogP contribution in [-0.4, -0.2) is 15.8 Å². The number of halogens is 2. The van der Waals surface area contributed by atoms with Gasteiger partial charge in [0, 0.05) is 28.6 Å². The van der Waals surface area contributed by atoms with Crippen molar-refractivity contribution in [2.24, 2.45) is 0 Å². The van der Waals surface area contributed by atoms with E-state index in [1.807, 2.05) is 0 Å². The van der Waals surface area contributed by atoms with Crippen LogP contribution in [-0.2, 0) is 0 Å². The fourth-order valence-electron chi connectivity index (χ4n) is 3.38. The number of hydrogen-bond acceptors (Lipinski definition) is 9. The summed E-state index contributed by atoms with van der Waals surface area (Å²) in [5.41, 5.74) is -2.40. The van der Waals surface area contributed by atoms with Gasteiger partial charge in [-0.25, -0.2) is 0 Å². The van der Waals surface area contributed by atoms with E-state index >= 15 is 0 Å². The number of carbonyl (C=O) groups excluding carboxylic acids is 1. The van der Waals surface area contributed by atoms with Crippen molar-refractivity contribution < 1.29 is 88.4 Å². The van der Waals surface area contributed by atoms with Gasteiger partial charge in [-0.05, 0) is 48.7 Å². The van der Waals surface area contributed by atoms with E-state index in [0.717, 1.165) is 12.1 Å². The first-order valence-electron chi connectivity index (χ1n) is 8.76. The van der Waals surface area contributed by atoms with Crippen molar-refractivity contribution in [3.8, 4) is 28.2 Å². The summed E-state index contributed by atoms with van der Waals surface area (Å²) in [5, 5.41) is 46.5. The van der Waals surface area contributed by atoms with Crippen molar-refractivity contribution in [2.75, 3.05) is 0 Å². The van der Waals surface area contributed by atoms with Gasteiger partial charge in [0.25, 0.3) is 11.1 Å². The Balaban J connectivity index is 0.00000216. The van der Waals surface area contributed by atoms with E-state index in [2.05, 4.69) is 31.9 Å². The van der Waals surface area contributed by atoms with Gasteiger partial charge in [0.05, 0.1) is 20.3 Å². The fraction of sp³-hybridized carbons (Fsp3) is 0. The second-order valence-corrected chi connectivity index (χ2v) is 8.27. The molecule has 0 radical (unpaired) electrons. The predicted octanol–water partition coefficient (Wildman–Crippen LogP) is -2.65. The largest absolute Gasteiger partial charge is 1.00 e. The molecule has 0 N–H and O–H groups in total. The molecule has 1 aliphatic carbocycles. The van der Waals surface area contributed by atoms with Crippen LogP contribution in [0.3, 0.4) is 0 Å². The van der Waals surface area contributed by atoms with Crippen LogP contribution in [0.5, 0.6) is 5.75 Å². The molecule has 0 bridgehead atoms. The van der Waals surface area contributed by atoms with Crippen molar-refractivity contribution in [1.82, 2.24) is 0 Å². The summed E-state index contributed by atoms with van der Waals surface area (Å²) in [7, 11) is 0. The van der Waals surface area contributed by atoms with Gasteiger partial charge in [-0.3, -0.25) is 25.0 Å². The third kappa shape index (κ3) is 5.04. The van der Waals surface area contributed by atoms with Gasteiger partial charge in [0.2, 0.25) is 0 Å². The van der Waals surface area contributed by atoms with Gasteiger partial charge in [-0.1, -0.05) is 24.3 Å². The van der Waals surface area contributed by atoms with Crippen LogP contribution in [0.1, 0.15) is 10.4 Å². The molecule has 166 valence electrons. The standard InChI is InChI=1S/C20H8Br2N2O9.2Na/c21-14-16(25)11(23(29)30)5-9-13(7-1-3-8(4-2-7)20(27)28)10-6-12(24(31)32)17(26)15(22)19(10)33-18(9)14;;/h1-6,25H,(H,27,28);;/q;2*+1/p-2. The first-order chi connectivity index (χ1) is 15.5. The van der Waals surface area contributed by atoms with Gasteiger partial charge in [-0.2, -0.15) is 0 Å². The zero-order chi connectivity index (χ0) is 24.2. The molecule has 4 rings (SSSR count). The maximum Gasteiger partial charge on any atom is 1.00 e. The number of rotatable bonds is 4. The second-order valence-electron chi connectivity index (χ2n) is 6.69. The molecule has 2 aromatic carbocycles. The Kier molecular flexibility index (Phi) is 9.28. The van der Waals surface area contributed by atoms with Gasteiger partial charge in [-0.15, -0.1) is 0 Å². The molecule has 0 spiro atoms. The average Bonchev–Trinajstić information content (AvgIpc) is 2.77. The zero-order valence-corrected chi connectivity index (χ0v) is 25.0. The first kappa shape index (κ1) is 29.4. The van der Waals surface area contributed by atoms with E-state index in [1.54, 1.807) is 0 Å². The van der Waals surface area contributed by atoms with Crippen LogP contribution < -0.4 is 74.8 Å². The molecule has 2 aromatic rings. The molecule has 0 saturated heterocycles. The minimum atomic E-state index is -1.44. The molecule has 11 nitrogen and oxygen atoms in total. The number of nitrogens with zero attached hydrogens (tertiary/aromatic N) is 2. The summed E-state index contributed by atoms with van der Waals surface area (Å²) in [5.74, 6) is -2.57. The van der Waals surface area contributed by atoms with Gasteiger partial charge in [0.1, 0.15) is 10.1 Å². The Morgan fingerprint density at radius 1 is 0.914 bits per heavy atom. The van der Waals surface area contributed by atoms with Crippen LogP contribution in [0.15, 0.2) is 54.6 Å². The van der Waals surface area contributed by atoms with Crippen molar-refractivity contribution in [2.45, 2.75) is 0 Å². The maximum absolute atomic E-state index is 12.4. The monoisotopic (exact) mass is 622 g/mol. The number of nitro groups is 2. The van der Waals surface area contributed by atoms with Crippen molar-refractivity contribution >= 4 is 60.2 Å². The molecule has 0 amide bonds. The Morgan fingerprint density at radius 3 is 2.00 bits per heavy atom. The van der Waals surface area contributed by atoms with E-state index in [4.69, 9.17) is 4.42 Å². The molecule has 0 atom stereocenters. The summed E-state index contributed by atoms with van der Waals surface area (Å²) >= 11 is 6.01. The number of benzene rings is 3. The summed E-state index contributed by atoms with van der Waals surface area (Å²) in [4.78, 5) is 44.6. The quantitative estimate of drug-likeness (QED) is 0.102. The predicted molar refractivity (Wildman–Crippen MR) is 117 cm³/mol. The number of aromatic carboxylic acids is 1. The number of carbonyl (C=O) groups is 1. The number of hydrogen-bond donors (Lipinski definition) is 0. The molecule has 0 saturated carbocycles. The number of non-ortho nitro benzene ring substituents is 1. The molecule has 0 fully saturated rings. The van der Waals surface area contributed by atoms with Gasteiger partial charge in [0.15, 0.2) is 5.76 Å². The van der Waals surface area contributed by atoms with Gasteiger partial charge >= 0.3 is 64.8 Å². The van der Waals surface area contributed by atoms with E-state index in [0.29, 0.717) is 0 Å². The zero-order valence-electron chi connectivity index (χ0n) is 17.8. The molecule has 1 heterocycles. The molecule has 35 heavy (non-hydrogen) atoms. The molecule has 1 aliphatic heterocycles. The smallest absolute Gasteiger partial charge is 0.867 e. The number of carboxylic acid groups (broad SMARTS) is 1. The van der Waals surface area contributed by atoms with Crippen molar-refractivity contribution in [3.05, 3.63) is 81.4 Å². The fourth-order valence-corrected chi connectivity index (χ4v) is 4.37. The van der Waals surface area contributed by atoms with Gasteiger partial charge < -0.3 is 19.4 Å². The van der Waals surface area contributed by atoms with Crippen molar-refractivity contribution in [3.63, 3.8) is 0 Å². The normalized spacial score (nSPS) is 10.5. The maximum atomic E-state index is 12.4. The minimum Gasteiger partial charge on any atom is -0.867 e. The third-order valence-corrected chi connectivity index (χ3v) is 6.30. The minimum absolute atomic E-state index is 0. The van der Waals surface area contributed by atoms with Crippen LogP contribution in [0.25, 0.3) is 33.4 Å². The van der Waals surface area contributed by atoms with Crippen LogP contribution in [0.2, 0.25) is 0 Å². The van der Waals surface area contributed by atoms with E-state index in [-0.39, 0.29) is 107 Å². The molecular formula is C20H6Br2N2Na2O9. The number of fused-ring (bicyclic) bond motifs is 2. The van der Waals surface area contributed by atoms with Crippen molar-refractivity contribution in [1.29, 1.82) is 0 Å². The Labute approximate surface area is 255 Å². The Bertz CT molecular complexity index is 1560. The topological polar surface area (TPSA) is 180 Å². The Morgan fingerprint density at radius 2 is 1.49 bits per heavy atom. The summed E-state index contributed by atoms with van der Waals surface area (Å²) in [6.07, 6.45) is 0. The van der Waals surface area contributed by atoms with E-state index < -0.39 is 38.4 Å². The Hall–Kier alpha value is -1.84. The number of carboxylic acids is 1. The summed E-state index contributed by atoms with van der Waals surface area (Å²) < 4.78 is 5.13. The molecule has 0 unspecified atom stereocenters. The molecule has 0 aromatic heterocycles. The van der Waals surface area contributed by atoms with Crippen LogP contribution >= 0.6 is 31.9 Å². The number of nitro benzene ring substituents is 2. The third-order valence-electron chi connectivity index (χ3n) is 4.86. The second kappa shape index (κ2) is 11.0.